The molecule has 0 bridgehead atoms. The van der Waals surface area contributed by atoms with Crippen molar-refractivity contribution in [2.45, 2.75) is 26.8 Å². The molecule has 0 aliphatic rings. The highest BCUT2D eigenvalue weighted by Gasteiger charge is 2.21. The number of nitrogens with two attached hydrogens (primary N) is 1. The molecule has 18 heavy (non-hydrogen) atoms. The number of halogens is 2. The third-order valence-corrected chi connectivity index (χ3v) is 3.48. The van der Waals surface area contributed by atoms with Crippen LogP contribution in [0.1, 0.15) is 32.4 Å². The average molecular weight is 317 g/mol. The van der Waals surface area contributed by atoms with Gasteiger partial charge < -0.3 is 5.73 Å². The Hall–Kier alpha value is -0.450. The summed E-state index contributed by atoms with van der Waals surface area (Å²) in [4.78, 5) is 2.23. The molecule has 0 heterocycles. The maximum absolute atomic E-state index is 13.9. The van der Waals surface area contributed by atoms with E-state index in [2.05, 4.69) is 41.6 Å². The summed E-state index contributed by atoms with van der Waals surface area (Å²) < 4.78 is 14.8. The van der Waals surface area contributed by atoms with Gasteiger partial charge in [-0.3, -0.25) is 4.90 Å². The van der Waals surface area contributed by atoms with Crippen LogP contribution in [0.4, 0.5) is 4.39 Å². The highest BCUT2D eigenvalue weighted by Crippen LogP contribution is 2.26. The van der Waals surface area contributed by atoms with Gasteiger partial charge in [0, 0.05) is 29.2 Å². The van der Waals surface area contributed by atoms with Gasteiger partial charge in [0.1, 0.15) is 5.82 Å². The van der Waals surface area contributed by atoms with E-state index >= 15 is 0 Å². The van der Waals surface area contributed by atoms with Gasteiger partial charge in [-0.1, -0.05) is 36.7 Å². The van der Waals surface area contributed by atoms with Gasteiger partial charge in [0.05, 0.1) is 0 Å². The van der Waals surface area contributed by atoms with Crippen LogP contribution in [0.5, 0.6) is 0 Å². The molecule has 0 saturated carbocycles. The summed E-state index contributed by atoms with van der Waals surface area (Å²) in [7, 11) is 0. The quantitative estimate of drug-likeness (QED) is 0.869. The van der Waals surface area contributed by atoms with Crippen molar-refractivity contribution in [1.82, 2.24) is 4.90 Å². The predicted octanol–water partition coefficient (Wildman–Crippen LogP) is 3.57. The van der Waals surface area contributed by atoms with E-state index in [9.17, 15) is 4.39 Å². The number of nitrogens with zero attached hydrogens (tertiary/aromatic N) is 1. The van der Waals surface area contributed by atoms with E-state index in [4.69, 9.17) is 5.73 Å². The molecule has 1 unspecified atom stereocenters. The smallest absolute Gasteiger partial charge is 0.128 e. The second-order valence-electron chi connectivity index (χ2n) is 4.90. The molecule has 0 radical (unpaired) electrons. The normalized spacial score (nSPS) is 13.3. The van der Waals surface area contributed by atoms with E-state index in [0.717, 1.165) is 17.6 Å². The minimum Gasteiger partial charge on any atom is -0.329 e. The Kier molecular flexibility index (Phi) is 6.26. The maximum atomic E-state index is 13.9. The Labute approximate surface area is 117 Å². The van der Waals surface area contributed by atoms with Crippen molar-refractivity contribution in [3.8, 4) is 0 Å². The van der Waals surface area contributed by atoms with Gasteiger partial charge in [-0.05, 0) is 30.7 Å². The molecular weight excluding hydrogens is 295 g/mol. The van der Waals surface area contributed by atoms with Crippen molar-refractivity contribution in [3.05, 3.63) is 34.1 Å². The van der Waals surface area contributed by atoms with Gasteiger partial charge >= 0.3 is 0 Å². The zero-order valence-corrected chi connectivity index (χ0v) is 12.9. The minimum absolute atomic E-state index is 0.0603. The molecule has 2 N–H and O–H groups in total. The SMILES string of the molecule is CCN(CC(C)C)C(CN)c1cc(Br)ccc1F. The first-order valence-corrected chi connectivity index (χ1v) is 7.17. The lowest BCUT2D eigenvalue weighted by Gasteiger charge is -2.31. The molecule has 1 aromatic carbocycles. The first kappa shape index (κ1) is 15.6. The molecule has 102 valence electrons. The van der Waals surface area contributed by atoms with Crippen molar-refractivity contribution in [2.24, 2.45) is 11.7 Å². The average Bonchev–Trinajstić information content (AvgIpc) is 2.32. The molecule has 1 atom stereocenters. The summed E-state index contributed by atoms with van der Waals surface area (Å²) in [5.74, 6) is 0.352. The van der Waals surface area contributed by atoms with Crippen LogP contribution in [0, 0.1) is 11.7 Å². The molecule has 0 saturated heterocycles. The van der Waals surface area contributed by atoms with Gasteiger partial charge in [0.15, 0.2) is 0 Å². The molecule has 0 fully saturated rings. The van der Waals surface area contributed by atoms with Crippen LogP contribution >= 0.6 is 15.9 Å². The highest BCUT2D eigenvalue weighted by atomic mass is 79.9. The standard InChI is InChI=1S/C14H22BrFN2/c1-4-18(9-10(2)3)14(8-17)12-7-11(15)5-6-13(12)16/h5-7,10,14H,4,8-9,17H2,1-3H3. The summed E-state index contributed by atoms with van der Waals surface area (Å²) in [5, 5.41) is 0. The molecule has 2 nitrogen and oxygen atoms in total. The van der Waals surface area contributed by atoms with Crippen molar-refractivity contribution >= 4 is 15.9 Å². The highest BCUT2D eigenvalue weighted by molar-refractivity contribution is 9.10. The lowest BCUT2D eigenvalue weighted by Crippen LogP contribution is -2.36. The van der Waals surface area contributed by atoms with Crippen LogP contribution < -0.4 is 5.73 Å². The fourth-order valence-corrected chi connectivity index (χ4v) is 2.57. The predicted molar refractivity (Wildman–Crippen MR) is 78.0 cm³/mol. The lowest BCUT2D eigenvalue weighted by molar-refractivity contribution is 0.186. The third-order valence-electron chi connectivity index (χ3n) is 2.99. The molecular formula is C14H22BrFN2. The zero-order chi connectivity index (χ0) is 13.7. The Morgan fingerprint density at radius 1 is 1.39 bits per heavy atom. The number of rotatable bonds is 6. The van der Waals surface area contributed by atoms with Crippen LogP contribution in [0.15, 0.2) is 22.7 Å². The maximum Gasteiger partial charge on any atom is 0.128 e. The van der Waals surface area contributed by atoms with Gasteiger partial charge in [0.25, 0.3) is 0 Å². The second-order valence-corrected chi connectivity index (χ2v) is 5.81. The van der Waals surface area contributed by atoms with E-state index in [1.807, 2.05) is 6.07 Å². The monoisotopic (exact) mass is 316 g/mol. The van der Waals surface area contributed by atoms with Gasteiger partial charge in [-0.2, -0.15) is 0 Å². The summed E-state index contributed by atoms with van der Waals surface area (Å²) in [5.41, 5.74) is 6.53. The number of hydrogen-bond acceptors (Lipinski definition) is 2. The fourth-order valence-electron chi connectivity index (χ4n) is 2.19. The summed E-state index contributed by atoms with van der Waals surface area (Å²) in [6.07, 6.45) is 0. The topological polar surface area (TPSA) is 29.3 Å². The van der Waals surface area contributed by atoms with Gasteiger partial charge in [0.2, 0.25) is 0 Å². The fraction of sp³-hybridized carbons (Fsp3) is 0.571. The van der Waals surface area contributed by atoms with E-state index in [1.165, 1.54) is 6.07 Å². The molecule has 0 spiro atoms. The Bertz CT molecular complexity index is 382. The summed E-state index contributed by atoms with van der Waals surface area (Å²) in [6, 6.07) is 4.97. The molecule has 1 aromatic rings. The molecule has 0 amide bonds. The van der Waals surface area contributed by atoms with Crippen molar-refractivity contribution in [3.63, 3.8) is 0 Å². The summed E-state index contributed by atoms with van der Waals surface area (Å²) >= 11 is 3.39. The Morgan fingerprint density at radius 3 is 2.56 bits per heavy atom. The van der Waals surface area contributed by atoms with E-state index in [-0.39, 0.29) is 11.9 Å². The third kappa shape index (κ3) is 4.04. The van der Waals surface area contributed by atoms with E-state index in [1.54, 1.807) is 6.07 Å². The van der Waals surface area contributed by atoms with E-state index in [0.29, 0.717) is 18.0 Å². The Balaban J connectivity index is 3.03. The first-order chi connectivity index (χ1) is 8.49. The largest absolute Gasteiger partial charge is 0.329 e. The van der Waals surface area contributed by atoms with Crippen molar-refractivity contribution in [2.75, 3.05) is 19.6 Å². The number of benzene rings is 1. The van der Waals surface area contributed by atoms with Crippen LogP contribution in [-0.2, 0) is 0 Å². The second kappa shape index (κ2) is 7.22. The zero-order valence-electron chi connectivity index (χ0n) is 11.3. The van der Waals surface area contributed by atoms with Gasteiger partial charge in [-0.15, -0.1) is 0 Å². The van der Waals surface area contributed by atoms with Crippen LogP contribution in [0.3, 0.4) is 0 Å². The first-order valence-electron chi connectivity index (χ1n) is 6.38. The number of hydrogen-bond donors (Lipinski definition) is 1. The molecule has 1 rings (SSSR count). The Morgan fingerprint density at radius 2 is 2.06 bits per heavy atom. The summed E-state index contributed by atoms with van der Waals surface area (Å²) in [6.45, 7) is 8.62. The van der Waals surface area contributed by atoms with Gasteiger partial charge in [-0.25, -0.2) is 4.39 Å². The van der Waals surface area contributed by atoms with Crippen LogP contribution in [0.2, 0.25) is 0 Å². The molecule has 0 aliphatic carbocycles. The van der Waals surface area contributed by atoms with Crippen molar-refractivity contribution < 1.29 is 4.39 Å². The van der Waals surface area contributed by atoms with Crippen molar-refractivity contribution in [1.29, 1.82) is 0 Å². The number of likely N-dealkylation sites (N-methyl/N-ethyl adjacent to an activating group) is 1. The van der Waals surface area contributed by atoms with Crippen LogP contribution in [0.25, 0.3) is 0 Å². The molecule has 0 aromatic heterocycles. The molecule has 4 heteroatoms. The lowest BCUT2D eigenvalue weighted by atomic mass is 10.0. The van der Waals surface area contributed by atoms with E-state index < -0.39 is 0 Å². The minimum atomic E-state index is -0.184. The van der Waals surface area contributed by atoms with Crippen LogP contribution in [-0.4, -0.2) is 24.5 Å². The molecule has 0 aliphatic heterocycles.